The predicted molar refractivity (Wildman–Crippen MR) is 364 cm³/mol. The predicted octanol–water partition coefficient (Wildman–Crippen LogP) is 12.3. The molecule has 4 aliphatic rings. The summed E-state index contributed by atoms with van der Waals surface area (Å²) in [7, 11) is -2.33. The van der Waals surface area contributed by atoms with Crippen LogP contribution in [0.5, 0.6) is 23.0 Å². The molecular weight excluding hydrogens is 1240 g/mol. The van der Waals surface area contributed by atoms with Crippen LogP contribution in [-0.4, -0.2) is 145 Å². The number of benzene rings is 3. The molecule has 5 amide bonds. The fourth-order valence-corrected chi connectivity index (χ4v) is 13.1. The van der Waals surface area contributed by atoms with Gasteiger partial charge in [0.1, 0.15) is 31.9 Å². The Kier molecular flexibility index (Phi) is 23.9. The van der Waals surface area contributed by atoms with E-state index < -0.39 is 89.0 Å². The van der Waals surface area contributed by atoms with Crippen molar-refractivity contribution in [1.82, 2.24) is 20.5 Å². The first-order valence-corrected chi connectivity index (χ1v) is 37.8. The van der Waals surface area contributed by atoms with Crippen molar-refractivity contribution in [2.45, 2.75) is 188 Å². The quantitative estimate of drug-likeness (QED) is 0.0116. The second kappa shape index (κ2) is 30.6. The number of rotatable bonds is 28. The third kappa shape index (κ3) is 16.7. The highest BCUT2D eigenvalue weighted by atomic mass is 28.4. The molecule has 0 fully saturated rings. The lowest BCUT2D eigenvalue weighted by atomic mass is 9.99. The molecule has 4 aliphatic heterocycles. The number of ketones is 1. The Morgan fingerprint density at radius 1 is 0.638 bits per heavy atom. The van der Waals surface area contributed by atoms with E-state index in [-0.39, 0.29) is 88.9 Å². The van der Waals surface area contributed by atoms with Crippen LogP contribution < -0.4 is 44.9 Å². The number of esters is 1. The Morgan fingerprint density at radius 3 is 1.51 bits per heavy atom. The van der Waals surface area contributed by atoms with Gasteiger partial charge in [-0.3, -0.25) is 19.2 Å². The first kappa shape index (κ1) is 73.4. The minimum absolute atomic E-state index is 0.0607. The topological polar surface area (TPSA) is 252 Å². The molecule has 3 aromatic rings. The summed E-state index contributed by atoms with van der Waals surface area (Å²) in [4.78, 5) is 103. The summed E-state index contributed by atoms with van der Waals surface area (Å²) in [6, 6.07) is 10.3. The summed E-state index contributed by atoms with van der Waals surface area (Å²) in [5, 5.41) is 2.10. The Hall–Kier alpha value is -7.98. The van der Waals surface area contributed by atoms with E-state index >= 15 is 4.79 Å². The fourth-order valence-electron chi connectivity index (χ4n) is 10.7. The fraction of sp³-hybridized carbons (Fsp3) is 0.522. The molecule has 3 aromatic carbocycles. The number of Topliss-reactive ketones (excluding diaryl/α,β-unsaturated/α-hetero) is 1. The monoisotopic (exact) mass is 1340 g/mol. The molecule has 0 aliphatic carbocycles. The van der Waals surface area contributed by atoms with Crippen molar-refractivity contribution in [2.24, 2.45) is 5.92 Å². The SMILES string of the molecule is C=CCOC(=O)C(=O)C(NC(=O)C(C)NNc1ccc(COC(=O)N2c3cc(OCCCCCOc4cc5c(cc4OC)C(=O)N4C=C(C)CC4[C@H](O[Si](C)(C)C(C)(C)C)N5C(=O)OCC=C)c(OC)cc3C(=O)N3C=C(C)CC3[C@@H]2O[Si](C)(C)C(C)(C)C)cc1)C(C)C. The highest BCUT2D eigenvalue weighted by Crippen LogP contribution is 2.48. The molecule has 0 aromatic heterocycles. The van der Waals surface area contributed by atoms with Gasteiger partial charge in [0.2, 0.25) is 5.91 Å². The highest BCUT2D eigenvalue weighted by Gasteiger charge is 2.53. The van der Waals surface area contributed by atoms with Gasteiger partial charge in [-0.2, -0.15) is 0 Å². The summed E-state index contributed by atoms with van der Waals surface area (Å²) in [5.74, 6) is -2.36. The molecule has 23 nitrogen and oxygen atoms in total. The van der Waals surface area contributed by atoms with Gasteiger partial charge in [-0.05, 0) is 125 Å². The van der Waals surface area contributed by atoms with Crippen LogP contribution in [0.1, 0.15) is 135 Å². The van der Waals surface area contributed by atoms with E-state index in [0.717, 1.165) is 11.1 Å². The van der Waals surface area contributed by atoms with Gasteiger partial charge in [-0.15, -0.1) is 0 Å². The van der Waals surface area contributed by atoms with Crippen LogP contribution in [0.25, 0.3) is 0 Å². The van der Waals surface area contributed by atoms with E-state index in [4.69, 9.17) is 42.0 Å². The van der Waals surface area contributed by atoms with E-state index in [9.17, 15) is 28.8 Å². The van der Waals surface area contributed by atoms with Gasteiger partial charge in [0, 0.05) is 30.2 Å². The lowest BCUT2D eigenvalue weighted by molar-refractivity contribution is -0.154. The number of unbranched alkanes of at least 4 members (excludes halogenated alkanes) is 2. The van der Waals surface area contributed by atoms with Crippen molar-refractivity contribution in [2.75, 3.05) is 55.9 Å². The molecule has 4 heterocycles. The van der Waals surface area contributed by atoms with Crippen molar-refractivity contribution in [3.8, 4) is 23.0 Å². The Labute approximate surface area is 555 Å². The summed E-state index contributed by atoms with van der Waals surface area (Å²) in [5.41, 5.74) is 9.89. The molecule has 4 unspecified atom stereocenters. The molecule has 0 spiro atoms. The average Bonchev–Trinajstić information content (AvgIpc) is 1.57. The Morgan fingerprint density at radius 2 is 1.09 bits per heavy atom. The molecule has 94 heavy (non-hydrogen) atoms. The Bertz CT molecular complexity index is 3390. The van der Waals surface area contributed by atoms with E-state index in [1.165, 1.54) is 36.2 Å². The van der Waals surface area contributed by atoms with Crippen LogP contribution in [0.3, 0.4) is 0 Å². The van der Waals surface area contributed by atoms with Crippen LogP contribution in [-0.2, 0) is 44.1 Å². The number of ether oxygens (including phenoxy) is 7. The van der Waals surface area contributed by atoms with Gasteiger partial charge >= 0.3 is 18.2 Å². The van der Waals surface area contributed by atoms with Crippen molar-refractivity contribution < 1.29 is 75.6 Å². The highest BCUT2D eigenvalue weighted by molar-refractivity contribution is 6.74. The van der Waals surface area contributed by atoms with E-state index in [1.54, 1.807) is 79.1 Å². The third-order valence-electron chi connectivity index (χ3n) is 18.1. The van der Waals surface area contributed by atoms with Gasteiger partial charge in [-0.25, -0.2) is 29.6 Å². The molecule has 0 saturated heterocycles. The van der Waals surface area contributed by atoms with Crippen molar-refractivity contribution in [3.63, 3.8) is 0 Å². The van der Waals surface area contributed by atoms with Crippen LogP contribution in [0.2, 0.25) is 36.3 Å². The molecule has 512 valence electrons. The molecular formula is C69H97N7O16Si2. The van der Waals surface area contributed by atoms with Crippen molar-refractivity contribution in [1.29, 1.82) is 0 Å². The number of hydrogen-bond donors (Lipinski definition) is 3. The number of hydrogen-bond acceptors (Lipinski definition) is 18. The first-order valence-electron chi connectivity index (χ1n) is 32.0. The summed E-state index contributed by atoms with van der Waals surface area (Å²) in [6.45, 7) is 37.3. The summed E-state index contributed by atoms with van der Waals surface area (Å²) in [6.07, 6.45) is 5.79. The molecule has 25 heteroatoms. The molecule has 3 N–H and O–H groups in total. The largest absolute Gasteiger partial charge is 0.493 e. The lowest BCUT2D eigenvalue weighted by Gasteiger charge is -2.44. The number of carbonyl (C=O) groups excluding carboxylic acids is 7. The first-order chi connectivity index (χ1) is 44.2. The minimum Gasteiger partial charge on any atom is -0.493 e. The molecule has 7 rings (SSSR count). The van der Waals surface area contributed by atoms with Gasteiger partial charge in [-0.1, -0.05) is 104 Å². The van der Waals surface area contributed by atoms with Gasteiger partial charge < -0.3 is 62.6 Å². The second-order valence-electron chi connectivity index (χ2n) is 27.6. The van der Waals surface area contributed by atoms with E-state index in [2.05, 4.69) is 97.1 Å². The number of nitrogens with one attached hydrogen (secondary N) is 3. The van der Waals surface area contributed by atoms with Gasteiger partial charge in [0.05, 0.1) is 62.0 Å². The van der Waals surface area contributed by atoms with Crippen LogP contribution in [0, 0.1) is 5.92 Å². The van der Waals surface area contributed by atoms with Gasteiger partial charge in [0.25, 0.3) is 17.6 Å². The molecule has 6 atom stereocenters. The maximum atomic E-state index is 15.1. The number of methoxy groups -OCH3 is 2. The zero-order chi connectivity index (χ0) is 69.4. The zero-order valence-corrected chi connectivity index (χ0v) is 59.8. The van der Waals surface area contributed by atoms with Crippen LogP contribution in [0.15, 0.2) is 97.4 Å². The Balaban J connectivity index is 1.08. The number of fused-ring (bicyclic) bond motifs is 4. The second-order valence-corrected chi connectivity index (χ2v) is 37.1. The van der Waals surface area contributed by atoms with E-state index in [0.29, 0.717) is 54.9 Å². The van der Waals surface area contributed by atoms with Gasteiger partial charge in [0.15, 0.2) is 52.1 Å². The number of nitrogens with zero attached hydrogens (tertiary/aromatic N) is 4. The summed E-state index contributed by atoms with van der Waals surface area (Å²) >= 11 is 0. The number of hydrazine groups is 1. The number of carbonyl (C=O) groups is 7. The van der Waals surface area contributed by atoms with Crippen molar-refractivity contribution >= 4 is 75.4 Å². The van der Waals surface area contributed by atoms with Crippen LogP contribution >= 0.6 is 0 Å². The number of amides is 5. The number of anilines is 3. The molecule has 0 saturated carbocycles. The van der Waals surface area contributed by atoms with E-state index in [1.807, 2.05) is 26.2 Å². The lowest BCUT2D eigenvalue weighted by Crippen LogP contribution is -2.57. The average molecular weight is 1340 g/mol. The van der Waals surface area contributed by atoms with Crippen LogP contribution in [0.4, 0.5) is 26.7 Å². The standard InChI is InChI=1S/C69H97N7O16Si2/c1-20-29-88-65(81)59(77)58(42(3)4)70-60(78)45(7)71-72-47-27-25-46(26-28-47)41-90-67(83)76-51-38-57(55(85-15)36-49(51)62(80)74-40-44(6)34-53(74)64(76)92-94(18,19)69(11,12)13)87-32-24-22-23-31-86-56-37-50-48(35-54(56)84-14)61(79)73-39-43(5)33-52(73)63(75(50)66(82)89-30-21-2)91-93(16,17)68(8,9)10/h20-21,25-28,35-40,42,45,52-53,58,63-64,71-72H,1-2,22-24,29-34,41H2,3-19H3,(H,70,78)/t45?,52?,53?,58?,63-,64-/m0/s1. The van der Waals surface area contributed by atoms with Crippen molar-refractivity contribution in [3.05, 3.63) is 114 Å². The summed E-state index contributed by atoms with van der Waals surface area (Å²) < 4.78 is 55.8. The maximum absolute atomic E-state index is 15.1. The maximum Gasteiger partial charge on any atom is 0.416 e. The normalized spacial score (nSPS) is 18.6. The smallest absolute Gasteiger partial charge is 0.416 e. The zero-order valence-electron chi connectivity index (χ0n) is 57.8. The minimum atomic E-state index is -2.72. The molecule has 0 bridgehead atoms. The third-order valence-corrected chi connectivity index (χ3v) is 26.9. The molecule has 0 radical (unpaired) electrons.